The third-order valence-corrected chi connectivity index (χ3v) is 5.03. The summed E-state index contributed by atoms with van der Waals surface area (Å²) in [5, 5.41) is 11.9. The Kier molecular flexibility index (Phi) is 5.34. The van der Waals surface area contributed by atoms with Crippen molar-refractivity contribution in [2.24, 2.45) is 0 Å². The minimum absolute atomic E-state index is 0.336. The zero-order valence-corrected chi connectivity index (χ0v) is 16.1. The van der Waals surface area contributed by atoms with Crippen LogP contribution in [0.4, 0.5) is 0 Å². The van der Waals surface area contributed by atoms with Crippen molar-refractivity contribution in [3.8, 4) is 0 Å². The maximum atomic E-state index is 12.6. The summed E-state index contributed by atoms with van der Waals surface area (Å²) in [6, 6.07) is 13.8. The van der Waals surface area contributed by atoms with Crippen molar-refractivity contribution in [1.82, 2.24) is 25.1 Å². The number of benzene rings is 2. The van der Waals surface area contributed by atoms with Gasteiger partial charge < -0.3 is 9.26 Å². The smallest absolute Gasteiger partial charge is 0.341 e. The van der Waals surface area contributed by atoms with Crippen molar-refractivity contribution < 1.29 is 14.1 Å². The van der Waals surface area contributed by atoms with E-state index >= 15 is 0 Å². The Morgan fingerprint density at radius 3 is 2.79 bits per heavy atom. The van der Waals surface area contributed by atoms with Gasteiger partial charge in [0.05, 0.1) is 16.7 Å². The van der Waals surface area contributed by atoms with Crippen LogP contribution in [0.15, 0.2) is 62.7 Å². The SMILES string of the molecule is Cc1noc(CSc2ccccc2C(=O)OCn2nnc3ccccc3c2=O)n1. The second-order valence-corrected chi connectivity index (χ2v) is 7.01. The maximum absolute atomic E-state index is 12.6. The van der Waals surface area contributed by atoms with Gasteiger partial charge in [0, 0.05) is 4.90 Å². The summed E-state index contributed by atoms with van der Waals surface area (Å²) in [4.78, 5) is 29.9. The fraction of sp³-hybridized carbons (Fsp3) is 0.158. The Morgan fingerprint density at radius 2 is 1.97 bits per heavy atom. The van der Waals surface area contributed by atoms with Gasteiger partial charge in [0.2, 0.25) is 5.89 Å². The Morgan fingerprint density at radius 1 is 1.17 bits per heavy atom. The van der Waals surface area contributed by atoms with E-state index in [2.05, 4.69) is 20.5 Å². The van der Waals surface area contributed by atoms with Crippen molar-refractivity contribution in [2.45, 2.75) is 24.3 Å². The lowest BCUT2D eigenvalue weighted by molar-refractivity contribution is 0.0332. The first-order valence-corrected chi connectivity index (χ1v) is 9.61. The summed E-state index contributed by atoms with van der Waals surface area (Å²) in [6.07, 6.45) is 0. The molecule has 2 aromatic carbocycles. The molecule has 0 radical (unpaired) electrons. The fourth-order valence-corrected chi connectivity index (χ4v) is 3.48. The van der Waals surface area contributed by atoms with E-state index in [9.17, 15) is 9.59 Å². The molecule has 0 unspecified atom stereocenters. The predicted octanol–water partition coefficient (Wildman–Crippen LogP) is 2.59. The first kappa shape index (κ1) is 18.8. The Bertz CT molecular complexity index is 1240. The van der Waals surface area contributed by atoms with Crippen LogP contribution in [0.2, 0.25) is 0 Å². The zero-order valence-electron chi connectivity index (χ0n) is 15.3. The van der Waals surface area contributed by atoms with Crippen LogP contribution in [0.5, 0.6) is 0 Å². The minimum atomic E-state index is -0.573. The van der Waals surface area contributed by atoms with Gasteiger partial charge >= 0.3 is 5.97 Å². The molecule has 9 nitrogen and oxygen atoms in total. The van der Waals surface area contributed by atoms with Crippen LogP contribution in [0.25, 0.3) is 10.9 Å². The predicted molar refractivity (Wildman–Crippen MR) is 104 cm³/mol. The Balaban J connectivity index is 1.48. The summed E-state index contributed by atoms with van der Waals surface area (Å²) < 4.78 is 11.4. The molecular formula is C19H15N5O4S. The van der Waals surface area contributed by atoms with E-state index in [1.165, 1.54) is 11.8 Å². The summed E-state index contributed by atoms with van der Waals surface area (Å²) in [5.41, 5.74) is 0.478. The molecular weight excluding hydrogens is 394 g/mol. The largest absolute Gasteiger partial charge is 0.439 e. The van der Waals surface area contributed by atoms with E-state index in [4.69, 9.17) is 9.26 Å². The lowest BCUT2D eigenvalue weighted by Gasteiger charge is -2.09. The highest BCUT2D eigenvalue weighted by molar-refractivity contribution is 7.98. The number of fused-ring (bicyclic) bond motifs is 1. The van der Waals surface area contributed by atoms with Gasteiger partial charge in [-0.1, -0.05) is 34.6 Å². The lowest BCUT2D eigenvalue weighted by atomic mass is 10.2. The number of thioether (sulfide) groups is 1. The Hall–Kier alpha value is -3.53. The molecule has 4 rings (SSSR count). The minimum Gasteiger partial charge on any atom is -0.439 e. The monoisotopic (exact) mass is 409 g/mol. The molecule has 2 heterocycles. The summed E-state index contributed by atoms with van der Waals surface area (Å²) in [6.45, 7) is 1.40. The van der Waals surface area contributed by atoms with Gasteiger partial charge in [-0.15, -0.1) is 16.9 Å². The molecule has 2 aromatic heterocycles. The molecule has 0 fully saturated rings. The van der Waals surface area contributed by atoms with Crippen LogP contribution in [-0.2, 0) is 17.2 Å². The van der Waals surface area contributed by atoms with E-state index in [0.29, 0.717) is 38.8 Å². The maximum Gasteiger partial charge on any atom is 0.341 e. The molecule has 0 aliphatic heterocycles. The molecule has 0 N–H and O–H groups in total. The molecule has 0 bridgehead atoms. The number of rotatable bonds is 6. The van der Waals surface area contributed by atoms with Gasteiger partial charge in [0.15, 0.2) is 12.6 Å². The molecule has 10 heteroatoms. The van der Waals surface area contributed by atoms with Crippen LogP contribution in [0.1, 0.15) is 22.1 Å². The molecule has 0 aliphatic rings. The molecule has 0 amide bonds. The van der Waals surface area contributed by atoms with Crippen molar-refractivity contribution in [3.63, 3.8) is 0 Å². The number of nitrogens with zero attached hydrogens (tertiary/aromatic N) is 5. The quantitative estimate of drug-likeness (QED) is 0.350. The van der Waals surface area contributed by atoms with E-state index < -0.39 is 5.97 Å². The first-order chi connectivity index (χ1) is 14.1. The van der Waals surface area contributed by atoms with E-state index in [1.807, 2.05) is 6.07 Å². The van der Waals surface area contributed by atoms with Gasteiger partial charge in [-0.2, -0.15) is 9.67 Å². The average Bonchev–Trinajstić information content (AvgIpc) is 3.17. The highest BCUT2D eigenvalue weighted by Gasteiger charge is 2.15. The number of hydrogen-bond acceptors (Lipinski definition) is 9. The molecule has 4 aromatic rings. The number of hydrogen-bond donors (Lipinski definition) is 0. The highest BCUT2D eigenvalue weighted by Crippen LogP contribution is 2.26. The topological polar surface area (TPSA) is 113 Å². The van der Waals surface area contributed by atoms with E-state index in [-0.39, 0.29) is 12.3 Å². The number of ether oxygens (including phenoxy) is 1. The number of aromatic nitrogens is 5. The van der Waals surface area contributed by atoms with Crippen LogP contribution in [0.3, 0.4) is 0 Å². The van der Waals surface area contributed by atoms with Crippen molar-refractivity contribution >= 4 is 28.6 Å². The van der Waals surface area contributed by atoms with Crippen LogP contribution in [-0.4, -0.2) is 31.1 Å². The number of carbonyl (C=O) groups is 1. The normalized spacial score (nSPS) is 10.9. The van der Waals surface area contributed by atoms with Crippen LogP contribution < -0.4 is 5.56 Å². The second-order valence-electron chi connectivity index (χ2n) is 5.99. The molecule has 29 heavy (non-hydrogen) atoms. The highest BCUT2D eigenvalue weighted by atomic mass is 32.2. The summed E-state index contributed by atoms with van der Waals surface area (Å²) in [7, 11) is 0. The Labute approximate surface area is 168 Å². The molecule has 0 saturated heterocycles. The summed E-state index contributed by atoms with van der Waals surface area (Å²) >= 11 is 1.37. The van der Waals surface area contributed by atoms with Crippen molar-refractivity contribution in [3.05, 3.63) is 76.2 Å². The number of carbonyl (C=O) groups excluding carboxylic acids is 1. The molecule has 0 saturated carbocycles. The molecule has 0 aliphatic carbocycles. The third-order valence-electron chi connectivity index (χ3n) is 3.97. The second kappa shape index (κ2) is 8.23. The van der Waals surface area contributed by atoms with Crippen molar-refractivity contribution in [1.29, 1.82) is 0 Å². The standard InChI is InChI=1S/C19H15N5O4S/c1-12-20-17(28-22-12)10-29-16-9-5-3-7-14(16)19(26)27-11-24-18(25)13-6-2-4-8-15(13)21-23-24/h2-9H,10-11H2,1H3. The molecule has 0 spiro atoms. The summed E-state index contributed by atoms with van der Waals surface area (Å²) in [5.74, 6) is 0.862. The van der Waals surface area contributed by atoms with E-state index in [0.717, 1.165) is 4.68 Å². The van der Waals surface area contributed by atoms with Crippen LogP contribution in [0, 0.1) is 6.92 Å². The zero-order chi connectivity index (χ0) is 20.2. The average molecular weight is 409 g/mol. The molecule has 0 atom stereocenters. The number of aryl methyl sites for hydroxylation is 1. The van der Waals surface area contributed by atoms with Crippen LogP contribution >= 0.6 is 11.8 Å². The third kappa shape index (κ3) is 4.16. The van der Waals surface area contributed by atoms with Crippen molar-refractivity contribution in [2.75, 3.05) is 0 Å². The number of esters is 1. The fourth-order valence-electron chi connectivity index (χ4n) is 2.60. The first-order valence-electron chi connectivity index (χ1n) is 8.62. The molecule has 146 valence electrons. The van der Waals surface area contributed by atoms with Gasteiger partial charge in [-0.25, -0.2) is 4.79 Å². The van der Waals surface area contributed by atoms with E-state index in [1.54, 1.807) is 49.4 Å². The lowest BCUT2D eigenvalue weighted by Crippen LogP contribution is -2.26. The van der Waals surface area contributed by atoms with Gasteiger partial charge in [0.25, 0.3) is 5.56 Å². The van der Waals surface area contributed by atoms with Gasteiger partial charge in [-0.05, 0) is 31.2 Å². The van der Waals surface area contributed by atoms with Gasteiger partial charge in [0.1, 0.15) is 5.52 Å². The van der Waals surface area contributed by atoms with Gasteiger partial charge in [-0.3, -0.25) is 4.79 Å².